The van der Waals surface area contributed by atoms with E-state index in [1.807, 2.05) is 19.1 Å². The lowest BCUT2D eigenvalue weighted by molar-refractivity contribution is 0.340. The summed E-state index contributed by atoms with van der Waals surface area (Å²) in [4.78, 5) is 4.14. The summed E-state index contributed by atoms with van der Waals surface area (Å²) in [5, 5.41) is 3.09. The number of nitrogens with two attached hydrogens (primary N) is 1. The molecule has 0 atom stereocenters. The zero-order chi connectivity index (χ0) is 9.52. The quantitative estimate of drug-likeness (QED) is 0.707. The van der Waals surface area contributed by atoms with Crippen LogP contribution >= 0.6 is 0 Å². The van der Waals surface area contributed by atoms with E-state index < -0.39 is 0 Å². The molecule has 0 radical (unpaired) electrons. The SMILES string of the molecule is CCOc1cccnc1NCCN. The Bertz CT molecular complexity index is 252. The van der Waals surface area contributed by atoms with Gasteiger partial charge in [-0.3, -0.25) is 0 Å². The summed E-state index contributed by atoms with van der Waals surface area (Å²) >= 11 is 0. The number of rotatable bonds is 5. The van der Waals surface area contributed by atoms with Gasteiger partial charge >= 0.3 is 0 Å². The molecule has 1 aromatic rings. The maximum Gasteiger partial charge on any atom is 0.168 e. The van der Waals surface area contributed by atoms with Crippen LogP contribution in [0.3, 0.4) is 0 Å². The molecule has 0 amide bonds. The Morgan fingerprint density at radius 3 is 3.15 bits per heavy atom. The Labute approximate surface area is 78.1 Å². The Balaban J connectivity index is 2.66. The number of pyridine rings is 1. The smallest absolute Gasteiger partial charge is 0.168 e. The van der Waals surface area contributed by atoms with Gasteiger partial charge in [0, 0.05) is 19.3 Å². The number of aromatic nitrogens is 1. The molecule has 0 saturated carbocycles. The van der Waals surface area contributed by atoms with Gasteiger partial charge in [0.2, 0.25) is 0 Å². The van der Waals surface area contributed by atoms with Crippen molar-refractivity contribution in [3.63, 3.8) is 0 Å². The Morgan fingerprint density at radius 1 is 1.62 bits per heavy atom. The van der Waals surface area contributed by atoms with Crippen molar-refractivity contribution in [1.82, 2.24) is 4.98 Å². The van der Waals surface area contributed by atoms with E-state index in [4.69, 9.17) is 10.5 Å². The van der Waals surface area contributed by atoms with E-state index in [2.05, 4.69) is 10.3 Å². The van der Waals surface area contributed by atoms with Gasteiger partial charge in [-0.05, 0) is 19.1 Å². The van der Waals surface area contributed by atoms with Crippen molar-refractivity contribution in [3.8, 4) is 5.75 Å². The first kappa shape index (κ1) is 9.80. The van der Waals surface area contributed by atoms with Crippen LogP contribution in [0.25, 0.3) is 0 Å². The highest BCUT2D eigenvalue weighted by Crippen LogP contribution is 2.19. The zero-order valence-electron chi connectivity index (χ0n) is 7.79. The second kappa shape index (κ2) is 5.37. The average molecular weight is 181 g/mol. The normalized spacial score (nSPS) is 9.69. The van der Waals surface area contributed by atoms with Gasteiger partial charge in [-0.1, -0.05) is 0 Å². The summed E-state index contributed by atoms with van der Waals surface area (Å²) in [5.41, 5.74) is 5.37. The van der Waals surface area contributed by atoms with Gasteiger partial charge in [0.05, 0.1) is 6.61 Å². The van der Waals surface area contributed by atoms with E-state index in [-0.39, 0.29) is 0 Å². The van der Waals surface area contributed by atoms with Crippen LogP contribution in [0, 0.1) is 0 Å². The first-order valence-electron chi connectivity index (χ1n) is 4.40. The molecule has 0 spiro atoms. The molecule has 3 N–H and O–H groups in total. The molecule has 0 aliphatic carbocycles. The van der Waals surface area contributed by atoms with Crippen LogP contribution in [0.15, 0.2) is 18.3 Å². The van der Waals surface area contributed by atoms with Crippen LogP contribution in [-0.2, 0) is 0 Å². The van der Waals surface area contributed by atoms with E-state index in [0.717, 1.165) is 11.6 Å². The molecule has 0 bridgehead atoms. The summed E-state index contributed by atoms with van der Waals surface area (Å²) in [5.74, 6) is 1.54. The molecule has 0 saturated heterocycles. The van der Waals surface area contributed by atoms with Gasteiger partial charge < -0.3 is 15.8 Å². The number of hydrogen-bond donors (Lipinski definition) is 2. The van der Waals surface area contributed by atoms with Crippen LogP contribution in [0.1, 0.15) is 6.92 Å². The van der Waals surface area contributed by atoms with Gasteiger partial charge in [0.15, 0.2) is 11.6 Å². The van der Waals surface area contributed by atoms with E-state index in [1.165, 1.54) is 0 Å². The van der Waals surface area contributed by atoms with Gasteiger partial charge in [-0.25, -0.2) is 4.98 Å². The Morgan fingerprint density at radius 2 is 2.46 bits per heavy atom. The van der Waals surface area contributed by atoms with Crippen LogP contribution in [0.5, 0.6) is 5.75 Å². The molecule has 0 aromatic carbocycles. The Kier molecular flexibility index (Phi) is 4.05. The minimum atomic E-state index is 0.585. The van der Waals surface area contributed by atoms with Crippen molar-refractivity contribution in [2.45, 2.75) is 6.92 Å². The fraction of sp³-hybridized carbons (Fsp3) is 0.444. The predicted octanol–water partition coefficient (Wildman–Crippen LogP) is 0.851. The molecule has 4 nitrogen and oxygen atoms in total. The highest BCUT2D eigenvalue weighted by atomic mass is 16.5. The molecule has 1 aromatic heterocycles. The molecule has 0 unspecified atom stereocenters. The second-order valence-corrected chi connectivity index (χ2v) is 2.50. The molecule has 1 heterocycles. The average Bonchev–Trinajstić information content (AvgIpc) is 2.17. The van der Waals surface area contributed by atoms with Crippen molar-refractivity contribution >= 4 is 5.82 Å². The number of ether oxygens (including phenoxy) is 1. The molecule has 72 valence electrons. The fourth-order valence-corrected chi connectivity index (χ4v) is 0.986. The lowest BCUT2D eigenvalue weighted by Crippen LogP contribution is -2.14. The lowest BCUT2D eigenvalue weighted by Gasteiger charge is -2.09. The number of nitrogens with zero attached hydrogens (tertiary/aromatic N) is 1. The fourth-order valence-electron chi connectivity index (χ4n) is 0.986. The first-order chi connectivity index (χ1) is 6.38. The van der Waals surface area contributed by atoms with E-state index >= 15 is 0 Å². The number of nitrogens with one attached hydrogen (secondary N) is 1. The summed E-state index contributed by atoms with van der Waals surface area (Å²) < 4.78 is 5.37. The first-order valence-corrected chi connectivity index (χ1v) is 4.40. The molecule has 0 aliphatic heterocycles. The van der Waals surface area contributed by atoms with Crippen molar-refractivity contribution in [2.24, 2.45) is 5.73 Å². The summed E-state index contributed by atoms with van der Waals surface area (Å²) in [6.07, 6.45) is 1.72. The molecule has 4 heteroatoms. The van der Waals surface area contributed by atoms with Crippen LogP contribution in [-0.4, -0.2) is 24.7 Å². The third-order valence-corrected chi connectivity index (χ3v) is 1.51. The molecule has 0 fully saturated rings. The topological polar surface area (TPSA) is 60.2 Å². The third kappa shape index (κ3) is 2.91. The van der Waals surface area contributed by atoms with Crippen LogP contribution < -0.4 is 15.8 Å². The van der Waals surface area contributed by atoms with Crippen LogP contribution in [0.4, 0.5) is 5.82 Å². The summed E-state index contributed by atoms with van der Waals surface area (Å²) in [7, 11) is 0. The number of anilines is 1. The van der Waals surface area contributed by atoms with Gasteiger partial charge in [0.25, 0.3) is 0 Å². The number of hydrogen-bond acceptors (Lipinski definition) is 4. The molecular formula is C9H15N3O. The van der Waals surface area contributed by atoms with Gasteiger partial charge in [-0.2, -0.15) is 0 Å². The molecular weight excluding hydrogens is 166 g/mol. The van der Waals surface area contributed by atoms with E-state index in [9.17, 15) is 0 Å². The largest absolute Gasteiger partial charge is 0.490 e. The maximum atomic E-state index is 5.37. The van der Waals surface area contributed by atoms with Crippen molar-refractivity contribution in [1.29, 1.82) is 0 Å². The molecule has 0 aliphatic rings. The lowest BCUT2D eigenvalue weighted by atomic mass is 10.4. The van der Waals surface area contributed by atoms with Crippen molar-refractivity contribution < 1.29 is 4.74 Å². The molecule has 13 heavy (non-hydrogen) atoms. The van der Waals surface area contributed by atoms with Crippen LogP contribution in [0.2, 0.25) is 0 Å². The standard InChI is InChI=1S/C9H15N3O/c1-2-13-8-4-3-6-11-9(8)12-7-5-10/h3-4,6H,2,5,7,10H2,1H3,(H,11,12). The van der Waals surface area contributed by atoms with Crippen molar-refractivity contribution in [2.75, 3.05) is 25.0 Å². The second-order valence-electron chi connectivity index (χ2n) is 2.50. The highest BCUT2D eigenvalue weighted by molar-refractivity contribution is 5.49. The third-order valence-electron chi connectivity index (χ3n) is 1.51. The summed E-state index contributed by atoms with van der Waals surface area (Å²) in [6.45, 7) is 3.88. The maximum absolute atomic E-state index is 5.37. The highest BCUT2D eigenvalue weighted by Gasteiger charge is 2.01. The van der Waals surface area contributed by atoms with Gasteiger partial charge in [0.1, 0.15) is 0 Å². The Hall–Kier alpha value is -1.29. The van der Waals surface area contributed by atoms with Gasteiger partial charge in [-0.15, -0.1) is 0 Å². The summed E-state index contributed by atoms with van der Waals surface area (Å²) in [6, 6.07) is 3.73. The monoisotopic (exact) mass is 181 g/mol. The minimum absolute atomic E-state index is 0.585. The molecule has 1 rings (SSSR count). The minimum Gasteiger partial charge on any atom is -0.490 e. The predicted molar refractivity (Wildman–Crippen MR) is 53.0 cm³/mol. The van der Waals surface area contributed by atoms with E-state index in [1.54, 1.807) is 6.20 Å². The zero-order valence-corrected chi connectivity index (χ0v) is 7.79. The van der Waals surface area contributed by atoms with Crippen molar-refractivity contribution in [3.05, 3.63) is 18.3 Å². The van der Waals surface area contributed by atoms with E-state index in [0.29, 0.717) is 19.7 Å².